The van der Waals surface area contributed by atoms with Crippen molar-refractivity contribution in [2.24, 2.45) is 31.3 Å². The lowest BCUT2D eigenvalue weighted by Gasteiger charge is -2.11. The van der Waals surface area contributed by atoms with E-state index in [1.807, 2.05) is 222 Å². The Bertz CT molecular complexity index is 6430. The minimum absolute atomic E-state index is 0.173. The van der Waals surface area contributed by atoms with Crippen LogP contribution >= 0.6 is 46.4 Å². The van der Waals surface area contributed by atoms with Gasteiger partial charge in [0.2, 0.25) is 23.6 Å². The molecule has 0 spiro atoms. The third-order valence-electron chi connectivity index (χ3n) is 20.6. The molecule has 0 fully saturated rings. The summed E-state index contributed by atoms with van der Waals surface area (Å²) in [4.78, 5) is 140. The normalized spacial score (nSPS) is 15.2. The zero-order valence-electron chi connectivity index (χ0n) is 75.2. The molecule has 4 amide bonds. The number of aromatic nitrogens is 8. The number of hydrogen-bond acceptors (Lipinski definition) is 12. The molecule has 28 heteroatoms. The van der Waals surface area contributed by atoms with E-state index in [9.17, 15) is 38.4 Å². The predicted octanol–water partition coefficient (Wildman–Crippen LogP) is 21.4. The van der Waals surface area contributed by atoms with Gasteiger partial charge in [0.25, 0.3) is 0 Å². The number of halogens is 4. The van der Waals surface area contributed by atoms with Crippen molar-refractivity contribution in [3.8, 4) is 0 Å². The highest BCUT2D eigenvalue weighted by Crippen LogP contribution is 2.35. The smallest absolute Gasteiger partial charge is 0.323 e. The van der Waals surface area contributed by atoms with Crippen molar-refractivity contribution in [3.05, 3.63) is 396 Å². The number of fused-ring (bicyclic) bond motifs is 8. The van der Waals surface area contributed by atoms with Crippen LogP contribution in [0.3, 0.4) is 0 Å². The Labute approximate surface area is 787 Å². The second kappa shape index (κ2) is 43.9. The molecule has 0 radical (unpaired) electrons. The van der Waals surface area contributed by atoms with Gasteiger partial charge in [0, 0.05) is 90.3 Å². The first-order chi connectivity index (χ1) is 64.0. The number of imidazole rings is 4. The van der Waals surface area contributed by atoms with E-state index in [2.05, 4.69) is 110 Å². The zero-order valence-corrected chi connectivity index (χ0v) is 78.2. The Morgan fingerprint density at radius 3 is 0.632 bits per heavy atom. The minimum atomic E-state index is -0.602. The Morgan fingerprint density at radius 2 is 0.444 bits per heavy atom. The number of rotatable bonds is 12. The third-order valence-corrected chi connectivity index (χ3v) is 21.5. The maximum atomic E-state index is 13.0. The number of benzodiazepines with no additional fused rings is 4. The maximum absolute atomic E-state index is 13.0. The van der Waals surface area contributed by atoms with Crippen LogP contribution in [0.5, 0.6) is 0 Å². The fourth-order valence-corrected chi connectivity index (χ4v) is 15.5. The van der Waals surface area contributed by atoms with Gasteiger partial charge in [0.1, 0.15) is 24.2 Å². The minimum Gasteiger partial charge on any atom is -0.324 e. The molecule has 0 saturated heterocycles. The van der Waals surface area contributed by atoms with Gasteiger partial charge >= 0.3 is 22.8 Å². The predicted molar refractivity (Wildman–Crippen MR) is 543 cm³/mol. The molecule has 12 N–H and O–H groups in total. The van der Waals surface area contributed by atoms with E-state index in [-0.39, 0.29) is 46.4 Å². The average Bonchev–Trinajstić information content (AvgIpc) is 1.68. The monoisotopic (exact) mass is 1850 g/mol. The quantitative estimate of drug-likeness (QED) is 0.0556. The highest BCUT2D eigenvalue weighted by atomic mass is 35.5. The highest BCUT2D eigenvalue weighted by molar-refractivity contribution is 6.34. The van der Waals surface area contributed by atoms with E-state index in [1.54, 1.807) is 72.8 Å². The van der Waals surface area contributed by atoms with Crippen molar-refractivity contribution in [1.29, 1.82) is 0 Å². The first kappa shape index (κ1) is 96.0. The first-order valence-electron chi connectivity index (χ1n) is 43.8. The molecule has 4 unspecified atom stereocenters. The molecule has 4 aliphatic heterocycles. The number of nitrogens with one attached hydrogen (secondary N) is 12. The van der Waals surface area contributed by atoms with Gasteiger partial charge in [0.05, 0.1) is 89.7 Å². The summed E-state index contributed by atoms with van der Waals surface area (Å²) in [6.07, 6.45) is 1.89. The van der Waals surface area contributed by atoms with Gasteiger partial charge in [-0.1, -0.05) is 268 Å². The molecule has 8 heterocycles. The summed E-state index contributed by atoms with van der Waals surface area (Å²) in [5.74, 6) is 0.143. The Kier molecular flexibility index (Phi) is 31.7. The lowest BCUT2D eigenvalue weighted by Crippen LogP contribution is -2.27. The van der Waals surface area contributed by atoms with Gasteiger partial charge in [-0.3, -0.25) is 39.1 Å². The lowest BCUT2D eigenvalue weighted by atomic mass is 10.00. The van der Waals surface area contributed by atoms with Crippen LogP contribution in [0.15, 0.2) is 306 Å². The van der Waals surface area contributed by atoms with Crippen molar-refractivity contribution in [2.75, 3.05) is 21.3 Å². The van der Waals surface area contributed by atoms with E-state index in [4.69, 9.17) is 66.4 Å². The number of carbonyl (C=O) groups excluding carboxylic acids is 4. The van der Waals surface area contributed by atoms with Crippen LogP contribution in [0.2, 0.25) is 20.1 Å². The van der Waals surface area contributed by atoms with E-state index >= 15 is 0 Å². The lowest BCUT2D eigenvalue weighted by molar-refractivity contribution is -0.118. The van der Waals surface area contributed by atoms with Crippen LogP contribution in [0, 0.1) is 11.3 Å². The van der Waals surface area contributed by atoms with E-state index < -0.39 is 24.2 Å². The summed E-state index contributed by atoms with van der Waals surface area (Å²) >= 11 is 25.1. The standard InChI is InChI=1S/4C23H17ClN4O2.C5H12.C4H10.2C2H6/c4*24-15-7-9-17-16(12-15)21(14-6-8-18-19(11-14)28-23(30)27-18)25-20(22(29)26-17)10-13-4-2-1-3-5-13;1-5(2,3)4;1-4(2)3;2*1-2/h4*1-9,11-12,20H,10H2,(H,26,29)(H2,27,28,30);1-4H3;4H,1-3H3;2*1-2H3. The summed E-state index contributed by atoms with van der Waals surface area (Å²) < 4.78 is 0. The molecule has 16 aromatic rings. The van der Waals surface area contributed by atoms with E-state index in [0.717, 1.165) is 72.7 Å². The summed E-state index contributed by atoms with van der Waals surface area (Å²) in [5, 5.41) is 14.1. The van der Waals surface area contributed by atoms with Gasteiger partial charge in [-0.25, -0.2) is 19.2 Å². The maximum Gasteiger partial charge on any atom is 0.323 e. The largest absolute Gasteiger partial charge is 0.324 e. The van der Waals surface area contributed by atoms with Crippen LogP contribution in [-0.4, -0.2) is 111 Å². The van der Waals surface area contributed by atoms with Gasteiger partial charge in [-0.2, -0.15) is 0 Å². The molecule has 4 atom stereocenters. The second-order valence-electron chi connectivity index (χ2n) is 33.5. The molecular weight excluding hydrogens is 1760 g/mol. The van der Waals surface area contributed by atoms with Gasteiger partial charge in [-0.05, 0) is 155 Å². The van der Waals surface area contributed by atoms with Crippen LogP contribution in [0.1, 0.15) is 143 Å². The molecule has 0 saturated carbocycles. The number of anilines is 4. The number of H-pyrrole nitrogens is 8. The Balaban J connectivity index is 0.000000144. The fraction of sp³-hybridized carbons (Fsp3) is 0.200. The molecule has 4 aliphatic rings. The molecule has 0 bridgehead atoms. The highest BCUT2D eigenvalue weighted by Gasteiger charge is 2.32. The topological polar surface area (TPSA) is 360 Å². The number of hydrogen-bond donors (Lipinski definition) is 12. The Morgan fingerprint density at radius 1 is 0.263 bits per heavy atom. The van der Waals surface area contributed by atoms with Crippen molar-refractivity contribution in [2.45, 2.75) is 126 Å². The van der Waals surface area contributed by atoms with Crippen molar-refractivity contribution < 1.29 is 19.2 Å². The summed E-state index contributed by atoms with van der Waals surface area (Å²) in [7, 11) is 0. The van der Waals surface area contributed by atoms with Crippen LogP contribution in [-0.2, 0) is 44.9 Å². The summed E-state index contributed by atoms with van der Waals surface area (Å²) in [5.41, 5.74) is 20.4. The number of nitrogens with zero attached hydrogens (tertiary/aromatic N) is 4. The molecule has 20 rings (SSSR count). The average molecular weight is 1860 g/mol. The summed E-state index contributed by atoms with van der Waals surface area (Å²) in [6.45, 7) is 23.3. The van der Waals surface area contributed by atoms with Crippen LogP contribution in [0.4, 0.5) is 22.7 Å². The Hall–Kier alpha value is -14.6. The SMILES string of the molecule is CC.CC.CC(C)(C)C.CC(C)C.O=C1Nc2ccc(Cl)cc2C(c2ccc3[nH]c(=O)[nH]c3c2)=NC1Cc1ccccc1.O=C1Nc2ccc(Cl)cc2C(c2ccc3[nH]c(=O)[nH]c3c2)=NC1Cc1ccccc1.O=C1Nc2ccc(Cl)cc2C(c2ccc3[nH]c(=O)[nH]c3c2)=NC1Cc1ccccc1.O=C1Nc2ccc(Cl)cc2C(c2ccc3[nH]c(=O)[nH]c3c2)=NC1Cc1ccccc1. The second-order valence-corrected chi connectivity index (χ2v) is 35.3. The first-order valence-corrected chi connectivity index (χ1v) is 45.3. The van der Waals surface area contributed by atoms with Gasteiger partial charge < -0.3 is 61.1 Å². The fourth-order valence-electron chi connectivity index (χ4n) is 14.8. The molecule has 678 valence electrons. The zero-order chi connectivity index (χ0) is 94.7. The van der Waals surface area contributed by atoms with E-state index in [0.29, 0.717) is 141 Å². The number of benzene rings is 12. The van der Waals surface area contributed by atoms with Gasteiger partial charge in [0.15, 0.2) is 0 Å². The molecule has 24 nitrogen and oxygen atoms in total. The van der Waals surface area contributed by atoms with Crippen molar-refractivity contribution in [1.82, 2.24) is 39.9 Å². The molecule has 12 aromatic carbocycles. The van der Waals surface area contributed by atoms with Gasteiger partial charge in [-0.15, -0.1) is 0 Å². The number of aliphatic imine (C=N–C) groups is 4. The number of aromatic amines is 8. The van der Waals surface area contributed by atoms with Crippen molar-refractivity contribution in [3.63, 3.8) is 0 Å². The number of carbonyl (C=O) groups is 4. The van der Waals surface area contributed by atoms with E-state index in [1.165, 1.54) is 0 Å². The third kappa shape index (κ3) is 25.2. The molecule has 4 aromatic heterocycles. The number of amides is 4. The molecule has 133 heavy (non-hydrogen) atoms. The molecule has 0 aliphatic carbocycles. The summed E-state index contributed by atoms with van der Waals surface area (Å²) in [6, 6.07) is 80.2. The van der Waals surface area contributed by atoms with Crippen molar-refractivity contribution >= 4 is 160 Å². The van der Waals surface area contributed by atoms with Crippen LogP contribution < -0.4 is 44.0 Å². The molecular formula is C105H102Cl4N16O8. The van der Waals surface area contributed by atoms with Crippen LogP contribution in [0.25, 0.3) is 44.1 Å².